The average Bonchev–Trinajstić information content (AvgIpc) is 0.744. The van der Waals surface area contributed by atoms with Gasteiger partial charge in [0.15, 0.2) is 0 Å². The number of nitrogens with zero attached hydrogens (tertiary/aromatic N) is 18. The Morgan fingerprint density at radius 2 is 0.407 bits per heavy atom. The molecule has 4 N–H and O–H groups in total. The molecule has 0 spiro atoms. The molecule has 20 aromatic rings. The maximum absolute atomic E-state index is 7.62. The standard InChI is InChI=1S/2C18H9BrN4.4C10H8N2.2C5H5N.C2H6O2.H2O.2Ru/c2*19-10-5-6-13-14(9-10)23-18-12-4-2-8-21-16(12)15-11(17(18)22-13)3-1-7-20-15;4*1-3-7-11-9(5-1)10-6-2-4-8-12-10;2*1-2-4-6-5-3-1;3-1-2-4;;;/h2*1-9H;4*1-8H;2*1-5H;3-4H,1-2H2;1H2;;. The Bertz CT molecular complexity index is 5440. The number of hydrogen-bond acceptors (Lipinski definition) is 20. The van der Waals surface area contributed by atoms with Gasteiger partial charge in [-0.05, 0) is 206 Å². The van der Waals surface area contributed by atoms with Crippen LogP contribution >= 0.6 is 31.9 Å². The first-order valence-corrected chi connectivity index (χ1v) is 36.0. The number of pyridine rings is 14. The molecule has 0 bridgehead atoms. The van der Waals surface area contributed by atoms with Crippen LogP contribution < -0.4 is 0 Å². The van der Waals surface area contributed by atoms with E-state index in [1.54, 1.807) is 99.1 Å². The van der Waals surface area contributed by atoms with Gasteiger partial charge in [0, 0.05) is 169 Å². The third-order valence-corrected chi connectivity index (χ3v) is 16.5. The first-order chi connectivity index (χ1) is 54.4. The van der Waals surface area contributed by atoms with Crippen LogP contribution in [-0.2, 0) is 39.0 Å². The van der Waals surface area contributed by atoms with Crippen molar-refractivity contribution in [3.63, 3.8) is 0 Å². The molecular weight excluding hydrogens is 1720 g/mol. The summed E-state index contributed by atoms with van der Waals surface area (Å²) >= 11 is 6.99. The summed E-state index contributed by atoms with van der Waals surface area (Å²) in [7, 11) is 0. The van der Waals surface area contributed by atoms with Gasteiger partial charge < -0.3 is 15.7 Å². The number of halogens is 2. The van der Waals surface area contributed by atoms with E-state index < -0.39 is 0 Å². The zero-order chi connectivity index (χ0) is 75.6. The quantitative estimate of drug-likeness (QED) is 0.0919. The monoisotopic (exact) mass is 1790 g/mol. The van der Waals surface area contributed by atoms with Crippen LogP contribution in [0.25, 0.3) is 133 Å². The zero-order valence-corrected chi connectivity index (χ0v) is 66.6. The van der Waals surface area contributed by atoms with Crippen molar-refractivity contribution in [3.8, 4) is 45.6 Å². The van der Waals surface area contributed by atoms with Gasteiger partial charge in [0.25, 0.3) is 0 Å². The molecule has 0 radical (unpaired) electrons. The van der Waals surface area contributed by atoms with Gasteiger partial charge in [0.2, 0.25) is 0 Å². The summed E-state index contributed by atoms with van der Waals surface area (Å²) in [6, 6.07) is 85.5. The van der Waals surface area contributed by atoms with Gasteiger partial charge in [0.1, 0.15) is 0 Å². The Balaban J connectivity index is 0.000000152. The van der Waals surface area contributed by atoms with Crippen molar-refractivity contribution in [2.45, 2.75) is 0 Å². The van der Waals surface area contributed by atoms with Gasteiger partial charge in [-0.3, -0.25) is 69.8 Å². The van der Waals surface area contributed by atoms with E-state index in [0.717, 1.165) is 142 Å². The Morgan fingerprint density at radius 1 is 0.204 bits per heavy atom. The summed E-state index contributed by atoms with van der Waals surface area (Å²) in [5.41, 5.74) is 17.7. The molecule has 0 aliphatic rings. The second-order valence-corrected chi connectivity index (χ2v) is 24.8. The SMILES string of the molecule is Brc1ccc2nc3c4cccnc4c4ncccc4c3nc2c1.Brc1ccc2nc3c4cccnc4c4ncccc4c3nc2c1.O.OCCO.[Ru].[Ru].c1ccc(-c2ccccn2)nc1.c1ccc(-c2ccccn2)nc1.c1ccc(-c2ccccn2)nc1.c1ccc(-c2ccccn2)nc1.c1ccncc1.c1ccncc1. The van der Waals surface area contributed by atoms with Crippen molar-refractivity contribution in [3.05, 3.63) is 375 Å². The predicted octanol–water partition coefficient (Wildman–Crippen LogP) is 18.2. The maximum Gasteiger partial charge on any atom is 0.0996 e. The molecule has 0 fully saturated rings. The Kier molecular flexibility index (Phi) is 33.9. The molecule has 25 heteroatoms. The van der Waals surface area contributed by atoms with E-state index >= 15 is 0 Å². The van der Waals surface area contributed by atoms with Gasteiger partial charge in [-0.2, -0.15) is 0 Å². The molecular formula is C88H68Br2N18O3Ru2. The van der Waals surface area contributed by atoms with Crippen LogP contribution in [0.15, 0.2) is 375 Å². The van der Waals surface area contributed by atoms with Crippen LogP contribution in [0.1, 0.15) is 0 Å². The average molecular weight is 1790 g/mol. The Hall–Kier alpha value is -12.7. The van der Waals surface area contributed by atoms with Crippen molar-refractivity contribution in [2.75, 3.05) is 13.2 Å². The molecule has 113 heavy (non-hydrogen) atoms. The second kappa shape index (κ2) is 45.5. The minimum absolute atomic E-state index is 0. The number of fused-ring (bicyclic) bond motifs is 14. The smallest absolute Gasteiger partial charge is 0.0996 e. The number of hydrogen-bond donors (Lipinski definition) is 2. The van der Waals surface area contributed by atoms with Gasteiger partial charge in [0.05, 0.1) is 125 Å². The number of aliphatic hydroxyl groups excluding tert-OH is 2. The van der Waals surface area contributed by atoms with Crippen LogP contribution in [-0.4, -0.2) is 119 Å². The van der Waals surface area contributed by atoms with E-state index in [9.17, 15) is 0 Å². The molecule has 16 heterocycles. The maximum atomic E-state index is 7.62. The summed E-state index contributed by atoms with van der Waals surface area (Å²) in [5, 5.41) is 19.2. The fourth-order valence-electron chi connectivity index (χ4n) is 10.7. The van der Waals surface area contributed by atoms with Crippen molar-refractivity contribution in [1.29, 1.82) is 0 Å². The van der Waals surface area contributed by atoms with Crippen LogP contribution in [0.3, 0.4) is 0 Å². The molecule has 0 atom stereocenters. The molecule has 4 aromatic carbocycles. The van der Waals surface area contributed by atoms with Gasteiger partial charge in [-0.25, -0.2) is 19.9 Å². The first-order valence-electron chi connectivity index (χ1n) is 34.4. The largest absolute Gasteiger partial charge is 0.412 e. The van der Waals surface area contributed by atoms with E-state index in [-0.39, 0.29) is 57.6 Å². The van der Waals surface area contributed by atoms with Crippen molar-refractivity contribution in [2.24, 2.45) is 0 Å². The van der Waals surface area contributed by atoms with E-state index in [2.05, 4.69) is 102 Å². The summed E-state index contributed by atoms with van der Waals surface area (Å²) in [6.45, 7) is -0.250. The molecule has 558 valence electrons. The predicted molar refractivity (Wildman–Crippen MR) is 447 cm³/mol. The van der Waals surface area contributed by atoms with Crippen molar-refractivity contribution in [1.82, 2.24) is 89.7 Å². The Labute approximate surface area is 692 Å². The summed E-state index contributed by atoms with van der Waals surface area (Å²) < 4.78 is 1.98. The van der Waals surface area contributed by atoms with Gasteiger partial charge in [-0.15, -0.1) is 0 Å². The van der Waals surface area contributed by atoms with Crippen LogP contribution in [0.4, 0.5) is 0 Å². The van der Waals surface area contributed by atoms with Crippen molar-refractivity contribution < 1.29 is 54.6 Å². The third-order valence-electron chi connectivity index (χ3n) is 15.6. The van der Waals surface area contributed by atoms with Gasteiger partial charge in [-0.1, -0.05) is 92.5 Å². The molecule has 0 aliphatic carbocycles. The van der Waals surface area contributed by atoms with Crippen LogP contribution in [0.2, 0.25) is 0 Å². The van der Waals surface area contributed by atoms with Crippen LogP contribution in [0, 0.1) is 0 Å². The normalized spacial score (nSPS) is 9.98. The summed E-state index contributed by atoms with van der Waals surface area (Å²) in [4.78, 5) is 78.5. The molecule has 20 rings (SSSR count). The van der Waals surface area contributed by atoms with Crippen LogP contribution in [0.5, 0.6) is 0 Å². The summed E-state index contributed by atoms with van der Waals surface area (Å²) in [5.74, 6) is 0. The minimum Gasteiger partial charge on any atom is -0.412 e. The first kappa shape index (κ1) is 84.3. The van der Waals surface area contributed by atoms with Gasteiger partial charge >= 0.3 is 0 Å². The van der Waals surface area contributed by atoms with E-state index in [1.165, 1.54) is 0 Å². The molecule has 0 saturated heterocycles. The van der Waals surface area contributed by atoms with E-state index in [0.29, 0.717) is 0 Å². The molecule has 0 aliphatic heterocycles. The fourth-order valence-corrected chi connectivity index (χ4v) is 11.4. The number of benzene rings is 4. The molecule has 0 amide bonds. The summed E-state index contributed by atoms with van der Waals surface area (Å²) in [6.07, 6.45) is 28.3. The second-order valence-electron chi connectivity index (χ2n) is 22.9. The molecule has 0 unspecified atom stereocenters. The number of rotatable bonds is 5. The zero-order valence-electron chi connectivity index (χ0n) is 60.0. The number of aliphatic hydroxyl groups is 2. The molecule has 0 saturated carbocycles. The minimum atomic E-state index is -0.125. The molecule has 21 nitrogen and oxygen atoms in total. The molecule has 16 aromatic heterocycles. The topological polar surface area (TPSA) is 304 Å². The Morgan fingerprint density at radius 3 is 0.584 bits per heavy atom. The fraction of sp³-hybridized carbons (Fsp3) is 0.0227. The van der Waals surface area contributed by atoms with E-state index in [4.69, 9.17) is 30.1 Å². The third kappa shape index (κ3) is 23.9. The van der Waals surface area contributed by atoms with Crippen molar-refractivity contribution >= 4 is 120 Å². The number of aromatic nitrogens is 18. The van der Waals surface area contributed by atoms with E-state index in [1.807, 2.05) is 267 Å².